The summed E-state index contributed by atoms with van der Waals surface area (Å²) < 4.78 is 10.9. The molecule has 2 aromatic rings. The quantitative estimate of drug-likeness (QED) is 0.610. The number of hydrazone groups is 1. The predicted octanol–water partition coefficient (Wildman–Crippen LogP) is 2.58. The van der Waals surface area contributed by atoms with Crippen molar-refractivity contribution in [1.82, 2.24) is 10.3 Å². The molecule has 1 N–H and O–H groups in total. The number of fused-ring (bicyclic) bond motifs is 2. The van der Waals surface area contributed by atoms with Crippen LogP contribution in [-0.4, -0.2) is 40.9 Å². The molecule has 2 aliphatic heterocycles. The summed E-state index contributed by atoms with van der Waals surface area (Å²) in [6.45, 7) is 2.36. The van der Waals surface area contributed by atoms with Gasteiger partial charge in [-0.2, -0.15) is 5.10 Å². The van der Waals surface area contributed by atoms with E-state index in [1.165, 1.54) is 24.3 Å². The van der Waals surface area contributed by atoms with Gasteiger partial charge in [-0.25, -0.2) is 4.79 Å². The van der Waals surface area contributed by atoms with E-state index in [0.717, 1.165) is 5.01 Å². The normalized spacial score (nSPS) is 14.6. The Balaban J connectivity index is 1.84. The Morgan fingerprint density at radius 3 is 2.60 bits per heavy atom. The average Bonchev–Trinajstić information content (AvgIpc) is 3.14. The Hall–Kier alpha value is -3.95. The summed E-state index contributed by atoms with van der Waals surface area (Å²) in [7, 11) is 0. The molecule has 30 heavy (non-hydrogen) atoms. The molecule has 0 bridgehead atoms. The lowest BCUT2D eigenvalue weighted by molar-refractivity contribution is -0.384. The van der Waals surface area contributed by atoms with Gasteiger partial charge >= 0.3 is 6.03 Å². The summed E-state index contributed by atoms with van der Waals surface area (Å²) in [4.78, 5) is 35.8. The van der Waals surface area contributed by atoms with Crippen molar-refractivity contribution < 1.29 is 24.0 Å². The molecule has 2 aliphatic rings. The van der Waals surface area contributed by atoms with Gasteiger partial charge in [0, 0.05) is 29.8 Å². The molecule has 2 aromatic carbocycles. The van der Waals surface area contributed by atoms with Crippen molar-refractivity contribution in [3.05, 3.63) is 63.2 Å². The molecule has 10 nitrogen and oxygen atoms in total. The molecule has 0 unspecified atom stereocenters. The third-order valence-corrected chi connectivity index (χ3v) is 4.70. The first kappa shape index (κ1) is 19.4. The molecule has 0 spiro atoms. The number of carbonyl (C=O) groups is 2. The topological polar surface area (TPSA) is 123 Å². The minimum absolute atomic E-state index is 0.0640. The molecule has 0 aromatic heterocycles. The lowest BCUT2D eigenvalue weighted by Gasteiger charge is -2.15. The number of non-ortho nitro benzene ring substituents is 1. The molecule has 154 valence electrons. The molecule has 4 rings (SSSR count). The van der Waals surface area contributed by atoms with Crippen LogP contribution in [0.4, 0.5) is 10.5 Å². The highest BCUT2D eigenvalue weighted by Gasteiger charge is 2.30. The molecule has 2 heterocycles. The second kappa shape index (κ2) is 7.82. The fourth-order valence-corrected chi connectivity index (χ4v) is 3.22. The Morgan fingerprint density at radius 2 is 1.93 bits per heavy atom. The van der Waals surface area contributed by atoms with Crippen molar-refractivity contribution in [2.45, 2.75) is 19.8 Å². The third kappa shape index (κ3) is 3.54. The van der Waals surface area contributed by atoms with Crippen LogP contribution in [-0.2, 0) is 11.2 Å². The third-order valence-electron chi connectivity index (χ3n) is 4.70. The Bertz CT molecular complexity index is 1060. The molecular weight excluding hydrogens is 392 g/mol. The minimum atomic E-state index is -0.630. The Morgan fingerprint density at radius 1 is 1.23 bits per heavy atom. The van der Waals surface area contributed by atoms with E-state index in [1.807, 2.05) is 6.92 Å². The SMILES string of the molecule is CCCNC(=O)N1N=C(c2ccc([N+](=O)[O-])cc2)c2cc3c(cc2CC1=O)OCO3. The van der Waals surface area contributed by atoms with Crippen molar-refractivity contribution in [2.24, 2.45) is 5.10 Å². The number of imide groups is 1. The number of nitrogens with one attached hydrogen (secondary N) is 1. The van der Waals surface area contributed by atoms with Crippen molar-refractivity contribution in [1.29, 1.82) is 0 Å². The van der Waals surface area contributed by atoms with Crippen LogP contribution in [0.15, 0.2) is 41.5 Å². The highest BCUT2D eigenvalue weighted by Crippen LogP contribution is 2.37. The van der Waals surface area contributed by atoms with Crippen molar-refractivity contribution in [3.8, 4) is 11.5 Å². The number of hydrogen-bond acceptors (Lipinski definition) is 7. The van der Waals surface area contributed by atoms with Crippen molar-refractivity contribution in [3.63, 3.8) is 0 Å². The van der Waals surface area contributed by atoms with E-state index in [1.54, 1.807) is 12.1 Å². The van der Waals surface area contributed by atoms with E-state index >= 15 is 0 Å². The number of nitro groups is 1. The summed E-state index contributed by atoms with van der Waals surface area (Å²) in [5, 5.41) is 18.8. The number of hydrogen-bond donors (Lipinski definition) is 1. The second-order valence-corrected chi connectivity index (χ2v) is 6.73. The van der Waals surface area contributed by atoms with E-state index in [-0.39, 0.29) is 18.9 Å². The summed E-state index contributed by atoms with van der Waals surface area (Å²) in [5.74, 6) is 0.508. The van der Waals surface area contributed by atoms with Crippen LogP contribution < -0.4 is 14.8 Å². The maximum Gasteiger partial charge on any atom is 0.345 e. The largest absolute Gasteiger partial charge is 0.454 e. The van der Waals surface area contributed by atoms with Gasteiger partial charge in [0.05, 0.1) is 17.1 Å². The van der Waals surface area contributed by atoms with Gasteiger partial charge in [-0.1, -0.05) is 6.92 Å². The number of benzene rings is 2. The number of nitro benzene ring substituents is 1. The number of carbonyl (C=O) groups excluding carboxylic acids is 2. The molecule has 10 heteroatoms. The van der Waals surface area contributed by atoms with Gasteiger partial charge in [0.1, 0.15) is 0 Å². The van der Waals surface area contributed by atoms with Gasteiger partial charge in [0.15, 0.2) is 11.5 Å². The van der Waals surface area contributed by atoms with Gasteiger partial charge in [-0.15, -0.1) is 5.01 Å². The minimum Gasteiger partial charge on any atom is -0.454 e. The maximum atomic E-state index is 12.8. The molecule has 3 amide bonds. The van der Waals surface area contributed by atoms with Crippen LogP contribution >= 0.6 is 0 Å². The molecule has 0 saturated heterocycles. The van der Waals surface area contributed by atoms with E-state index in [9.17, 15) is 19.7 Å². The smallest absolute Gasteiger partial charge is 0.345 e. The fourth-order valence-electron chi connectivity index (χ4n) is 3.22. The maximum absolute atomic E-state index is 12.8. The number of amides is 3. The van der Waals surface area contributed by atoms with Crippen LogP contribution in [0, 0.1) is 10.1 Å². The lowest BCUT2D eigenvalue weighted by Crippen LogP contribution is -2.41. The number of ether oxygens (including phenoxy) is 2. The fraction of sp³-hybridized carbons (Fsp3) is 0.250. The summed E-state index contributed by atoms with van der Waals surface area (Å²) in [5.41, 5.74) is 1.98. The second-order valence-electron chi connectivity index (χ2n) is 6.73. The van der Waals surface area contributed by atoms with Gasteiger partial charge in [-0.05, 0) is 36.2 Å². The summed E-state index contributed by atoms with van der Waals surface area (Å²) in [6, 6.07) is 8.53. The summed E-state index contributed by atoms with van der Waals surface area (Å²) >= 11 is 0. The zero-order chi connectivity index (χ0) is 21.3. The highest BCUT2D eigenvalue weighted by molar-refractivity contribution is 6.16. The molecule has 0 saturated carbocycles. The van der Waals surface area contributed by atoms with Crippen LogP contribution in [0.5, 0.6) is 11.5 Å². The molecule has 0 aliphatic carbocycles. The van der Waals surface area contributed by atoms with Crippen molar-refractivity contribution in [2.75, 3.05) is 13.3 Å². The summed E-state index contributed by atoms with van der Waals surface area (Å²) in [6.07, 6.45) is 0.639. The molecule has 0 fully saturated rings. The van der Waals surface area contributed by atoms with E-state index in [2.05, 4.69) is 10.4 Å². The average molecular weight is 410 g/mol. The van der Waals surface area contributed by atoms with E-state index in [0.29, 0.717) is 46.9 Å². The highest BCUT2D eigenvalue weighted by atomic mass is 16.7. The van der Waals surface area contributed by atoms with Crippen LogP contribution in [0.25, 0.3) is 0 Å². The first-order valence-corrected chi connectivity index (χ1v) is 9.35. The number of rotatable bonds is 4. The standard InChI is InChI=1S/C20H18N4O6/c1-2-7-21-20(26)23-18(25)9-13-8-16-17(30-11-29-16)10-15(13)19(22-23)12-3-5-14(6-4-12)24(27)28/h3-6,8,10H,2,7,9,11H2,1H3,(H,21,26). The number of urea groups is 1. The zero-order valence-electron chi connectivity index (χ0n) is 16.1. The van der Waals surface area contributed by atoms with Crippen LogP contribution in [0.2, 0.25) is 0 Å². The van der Waals surface area contributed by atoms with E-state index < -0.39 is 16.9 Å². The van der Waals surface area contributed by atoms with Gasteiger partial charge in [-0.3, -0.25) is 14.9 Å². The molecular formula is C20H18N4O6. The predicted molar refractivity (Wildman–Crippen MR) is 106 cm³/mol. The van der Waals surface area contributed by atoms with Gasteiger partial charge in [0.2, 0.25) is 6.79 Å². The Labute approximate surface area is 171 Å². The monoisotopic (exact) mass is 410 g/mol. The molecule has 0 atom stereocenters. The van der Waals surface area contributed by atoms with Crippen molar-refractivity contribution >= 4 is 23.3 Å². The molecule has 0 radical (unpaired) electrons. The first-order valence-electron chi connectivity index (χ1n) is 9.35. The first-order chi connectivity index (χ1) is 14.5. The zero-order valence-corrected chi connectivity index (χ0v) is 16.1. The van der Waals surface area contributed by atoms with Gasteiger partial charge in [0.25, 0.3) is 11.6 Å². The van der Waals surface area contributed by atoms with Gasteiger partial charge < -0.3 is 14.8 Å². The lowest BCUT2D eigenvalue weighted by atomic mass is 9.95. The van der Waals surface area contributed by atoms with Crippen LogP contribution in [0.3, 0.4) is 0 Å². The van der Waals surface area contributed by atoms with Crippen LogP contribution in [0.1, 0.15) is 30.0 Å². The number of nitrogens with zero attached hydrogens (tertiary/aromatic N) is 3. The van der Waals surface area contributed by atoms with E-state index in [4.69, 9.17) is 9.47 Å². The Kier molecular flexibility index (Phi) is 5.05.